The van der Waals surface area contributed by atoms with Crippen LogP contribution in [0.2, 0.25) is 0 Å². The molecule has 4 aromatic rings. The first-order valence-corrected chi connectivity index (χ1v) is 11.1. The van der Waals surface area contributed by atoms with Crippen LogP contribution in [-0.4, -0.2) is 5.87 Å². The second-order valence-corrected chi connectivity index (χ2v) is 8.31. The Morgan fingerprint density at radius 1 is 0.636 bits per heavy atom. The van der Waals surface area contributed by atoms with E-state index in [9.17, 15) is 0 Å². The van der Waals surface area contributed by atoms with Crippen LogP contribution in [0.15, 0.2) is 103 Å². The molecule has 0 spiro atoms. The van der Waals surface area contributed by atoms with Crippen LogP contribution in [0.4, 0.5) is 22.7 Å². The molecule has 2 heteroatoms. The maximum Gasteiger partial charge on any atom is 0.0730 e. The van der Waals surface area contributed by atoms with Crippen LogP contribution in [0, 0.1) is 20.8 Å². The van der Waals surface area contributed by atoms with E-state index in [-0.39, 0.29) is 0 Å². The monoisotopic (exact) mass is 428 g/mol. The lowest BCUT2D eigenvalue weighted by Gasteiger charge is -2.26. The molecule has 0 aliphatic carbocycles. The zero-order valence-electron chi connectivity index (χ0n) is 19.4. The molecule has 4 rings (SSSR count). The van der Waals surface area contributed by atoms with E-state index in [0.29, 0.717) is 0 Å². The molecule has 2 nitrogen and oxygen atoms in total. The first-order valence-electron chi connectivity index (χ1n) is 11.1. The van der Waals surface area contributed by atoms with Crippen LogP contribution >= 0.6 is 0 Å². The molecule has 0 bridgehead atoms. The topological polar surface area (TPSA) is 15.6 Å². The molecule has 0 N–H and O–H groups in total. The smallest absolute Gasteiger partial charge is 0.0730 e. The Labute approximate surface area is 196 Å². The Hall–Kier alpha value is -4.13. The second-order valence-electron chi connectivity index (χ2n) is 8.31. The van der Waals surface area contributed by atoms with Gasteiger partial charge >= 0.3 is 0 Å². The zero-order chi connectivity index (χ0) is 23.2. The summed E-state index contributed by atoms with van der Waals surface area (Å²) in [5.41, 5.74) is 10.3. The van der Waals surface area contributed by atoms with Crippen molar-refractivity contribution in [2.75, 3.05) is 4.90 Å². The lowest BCUT2D eigenvalue weighted by Crippen LogP contribution is -2.09. The average molecular weight is 429 g/mol. The first-order chi connectivity index (χ1) is 16.0. The maximum absolute atomic E-state index is 4.15. The van der Waals surface area contributed by atoms with Crippen molar-refractivity contribution < 1.29 is 0 Å². The van der Waals surface area contributed by atoms with E-state index in [1.165, 1.54) is 22.3 Å². The molecule has 4 aromatic carbocycles. The van der Waals surface area contributed by atoms with E-state index in [1.807, 2.05) is 12.1 Å². The summed E-state index contributed by atoms with van der Waals surface area (Å²) in [5.74, 6) is 2.59. The van der Waals surface area contributed by atoms with Crippen LogP contribution in [0.25, 0.3) is 12.2 Å². The Morgan fingerprint density at radius 3 is 1.85 bits per heavy atom. The Bertz CT molecular complexity index is 1300. The molecular formula is C31H28N2. The van der Waals surface area contributed by atoms with Crippen molar-refractivity contribution in [3.63, 3.8) is 0 Å². The predicted octanol–water partition coefficient (Wildman–Crippen LogP) is 8.74. The normalized spacial score (nSPS) is 10.8. The number of anilines is 3. The van der Waals surface area contributed by atoms with Crippen LogP contribution in [-0.2, 0) is 0 Å². The largest absolute Gasteiger partial charge is 0.310 e. The molecule has 0 atom stereocenters. The van der Waals surface area contributed by atoms with Gasteiger partial charge in [0.05, 0.1) is 5.69 Å². The number of aliphatic imine (C=N–C) groups is 1. The quantitative estimate of drug-likeness (QED) is 0.221. The summed E-state index contributed by atoms with van der Waals surface area (Å²) in [6, 6.07) is 31.9. The number of hydrogen-bond donors (Lipinski definition) is 0. The molecule has 0 heterocycles. The molecule has 0 unspecified atom stereocenters. The Morgan fingerprint density at radius 2 is 1.24 bits per heavy atom. The van der Waals surface area contributed by atoms with Crippen molar-refractivity contribution in [1.82, 2.24) is 0 Å². The van der Waals surface area contributed by atoms with Gasteiger partial charge in [-0.2, -0.15) is 0 Å². The highest BCUT2D eigenvalue weighted by atomic mass is 15.1. The van der Waals surface area contributed by atoms with Gasteiger partial charge in [-0.1, -0.05) is 65.7 Å². The molecule has 0 radical (unpaired) electrons. The van der Waals surface area contributed by atoms with Crippen molar-refractivity contribution >= 4 is 40.8 Å². The fourth-order valence-corrected chi connectivity index (χ4v) is 4.01. The van der Waals surface area contributed by atoms with Gasteiger partial charge < -0.3 is 4.90 Å². The summed E-state index contributed by atoms with van der Waals surface area (Å²) in [5, 5.41) is 0. The van der Waals surface area contributed by atoms with Crippen LogP contribution in [0.3, 0.4) is 0 Å². The van der Waals surface area contributed by atoms with E-state index < -0.39 is 0 Å². The van der Waals surface area contributed by atoms with Gasteiger partial charge in [0.25, 0.3) is 0 Å². The van der Waals surface area contributed by atoms with Crippen LogP contribution < -0.4 is 4.90 Å². The Kier molecular flexibility index (Phi) is 6.69. The molecule has 0 saturated heterocycles. The van der Waals surface area contributed by atoms with E-state index in [4.69, 9.17) is 0 Å². The third-order valence-electron chi connectivity index (χ3n) is 5.44. The van der Waals surface area contributed by atoms with Gasteiger partial charge in [0.2, 0.25) is 0 Å². The van der Waals surface area contributed by atoms with Crippen molar-refractivity contribution in [2.24, 2.45) is 4.99 Å². The molecule has 162 valence electrons. The second kappa shape index (κ2) is 9.99. The summed E-state index contributed by atoms with van der Waals surface area (Å²) in [7, 11) is 0. The number of nitrogens with zero attached hydrogens (tertiary/aromatic N) is 2. The SMILES string of the molecule is C=C=Nc1ccc(N(c2ccc(C=Cc3cc(C)cc(C)c3)cc2)c2cccc(C)c2)cc1. The van der Waals surface area contributed by atoms with Crippen molar-refractivity contribution in [2.45, 2.75) is 20.8 Å². The van der Waals surface area contributed by atoms with Gasteiger partial charge in [0.1, 0.15) is 0 Å². The standard InChI is InChI=1S/C31H28N2/c1-5-32-28-13-17-30(18-14-28)33(31-8-6-7-23(2)22-31)29-15-11-26(12-16-29)9-10-27-20-24(3)19-25(4)21-27/h6-22H,1H2,2-4H3. The van der Waals surface area contributed by atoms with E-state index in [2.05, 4.69) is 134 Å². The van der Waals surface area contributed by atoms with Gasteiger partial charge in [-0.25, -0.2) is 4.99 Å². The summed E-state index contributed by atoms with van der Waals surface area (Å²) in [6.07, 6.45) is 4.34. The lowest BCUT2D eigenvalue weighted by molar-refractivity contribution is 1.27. The minimum Gasteiger partial charge on any atom is -0.310 e. The van der Waals surface area contributed by atoms with E-state index in [0.717, 1.165) is 28.3 Å². The summed E-state index contributed by atoms with van der Waals surface area (Å²) >= 11 is 0. The van der Waals surface area contributed by atoms with Gasteiger partial charge in [-0.05, 0) is 98.4 Å². The van der Waals surface area contributed by atoms with Gasteiger partial charge in [0.15, 0.2) is 0 Å². The first kappa shape index (κ1) is 22.1. The lowest BCUT2D eigenvalue weighted by atomic mass is 10.1. The van der Waals surface area contributed by atoms with E-state index >= 15 is 0 Å². The van der Waals surface area contributed by atoms with Gasteiger partial charge in [-0.15, -0.1) is 0 Å². The fourth-order valence-electron chi connectivity index (χ4n) is 4.01. The van der Waals surface area contributed by atoms with Crippen molar-refractivity contribution in [3.05, 3.63) is 125 Å². The number of aryl methyl sites for hydroxylation is 3. The molecule has 33 heavy (non-hydrogen) atoms. The predicted molar refractivity (Wildman–Crippen MR) is 143 cm³/mol. The average Bonchev–Trinajstić information content (AvgIpc) is 2.80. The number of hydrogen-bond acceptors (Lipinski definition) is 2. The summed E-state index contributed by atoms with van der Waals surface area (Å²) in [4.78, 5) is 6.40. The van der Waals surface area contributed by atoms with Gasteiger partial charge in [-0.3, -0.25) is 0 Å². The highest BCUT2D eigenvalue weighted by Crippen LogP contribution is 2.35. The van der Waals surface area contributed by atoms with Crippen LogP contribution in [0.1, 0.15) is 27.8 Å². The number of rotatable bonds is 6. The summed E-state index contributed by atoms with van der Waals surface area (Å²) < 4.78 is 0. The maximum atomic E-state index is 4.15. The molecule has 0 aliphatic rings. The third kappa shape index (κ3) is 5.57. The van der Waals surface area contributed by atoms with E-state index in [1.54, 1.807) is 0 Å². The minimum atomic E-state index is 0.838. The molecular weight excluding hydrogens is 400 g/mol. The molecule has 0 aliphatic heterocycles. The minimum absolute atomic E-state index is 0.838. The van der Waals surface area contributed by atoms with Gasteiger partial charge in [0, 0.05) is 17.1 Å². The van der Waals surface area contributed by atoms with Crippen molar-refractivity contribution in [3.8, 4) is 0 Å². The molecule has 0 amide bonds. The summed E-state index contributed by atoms with van der Waals surface area (Å²) in [6.45, 7) is 9.95. The highest BCUT2D eigenvalue weighted by molar-refractivity contribution is 5.79. The zero-order valence-corrected chi connectivity index (χ0v) is 19.4. The third-order valence-corrected chi connectivity index (χ3v) is 5.44. The molecule has 0 fully saturated rings. The molecule has 0 aromatic heterocycles. The van der Waals surface area contributed by atoms with Crippen molar-refractivity contribution in [1.29, 1.82) is 0 Å². The number of benzene rings is 4. The molecule has 0 saturated carbocycles. The van der Waals surface area contributed by atoms with Crippen LogP contribution in [0.5, 0.6) is 0 Å². The highest BCUT2D eigenvalue weighted by Gasteiger charge is 2.12. The fraction of sp³-hybridized carbons (Fsp3) is 0.0968. The Balaban J connectivity index is 1.67.